The van der Waals surface area contributed by atoms with Crippen LogP contribution in [0.2, 0.25) is 0 Å². The minimum Gasteiger partial charge on any atom is -0.309 e. The highest BCUT2D eigenvalue weighted by Crippen LogP contribution is 2.59. The number of rotatable bonds is 7. The molecule has 0 N–H and O–H groups in total. The normalized spacial score (nSPS) is 12.8. The predicted molar refractivity (Wildman–Crippen MR) is 293 cm³/mol. The predicted octanol–water partition coefficient (Wildman–Crippen LogP) is 18.7. The summed E-state index contributed by atoms with van der Waals surface area (Å²) >= 11 is 3.79. The van der Waals surface area contributed by atoms with Crippen molar-refractivity contribution in [1.29, 1.82) is 0 Å². The molecule has 1 aliphatic carbocycles. The first-order valence-electron chi connectivity index (χ1n) is 23.3. The lowest BCUT2D eigenvalue weighted by Gasteiger charge is -2.35. The van der Waals surface area contributed by atoms with Crippen molar-refractivity contribution in [1.82, 2.24) is 0 Å². The Labute approximate surface area is 403 Å². The molecule has 68 heavy (non-hydrogen) atoms. The van der Waals surface area contributed by atoms with Gasteiger partial charge in [0.1, 0.15) is 0 Å². The average Bonchev–Trinajstić information content (AvgIpc) is 4.09. The summed E-state index contributed by atoms with van der Waals surface area (Å²) in [5.41, 5.74) is 15.4. The first kappa shape index (κ1) is 39.1. The van der Waals surface area contributed by atoms with Gasteiger partial charge in [0, 0.05) is 47.0 Å². The number of fused-ring (bicyclic) bond motifs is 11. The van der Waals surface area contributed by atoms with Crippen molar-refractivity contribution in [3.8, 4) is 33.4 Å². The molecule has 13 aromatic rings. The lowest BCUT2D eigenvalue weighted by Crippen LogP contribution is -2.29. The van der Waals surface area contributed by atoms with Gasteiger partial charge >= 0.3 is 0 Å². The second kappa shape index (κ2) is 15.5. The van der Waals surface area contributed by atoms with Crippen LogP contribution in [0, 0.1) is 0 Å². The van der Waals surface area contributed by atoms with E-state index < -0.39 is 5.41 Å². The zero-order valence-corrected chi connectivity index (χ0v) is 38.6. The van der Waals surface area contributed by atoms with E-state index in [4.69, 9.17) is 0 Å². The second-order valence-corrected chi connectivity index (χ2v) is 20.0. The van der Waals surface area contributed by atoms with Crippen LogP contribution < -0.4 is 4.90 Å². The van der Waals surface area contributed by atoms with Gasteiger partial charge in [-0.3, -0.25) is 0 Å². The largest absolute Gasteiger partial charge is 0.309 e. The van der Waals surface area contributed by atoms with Gasteiger partial charge < -0.3 is 4.90 Å². The second-order valence-electron chi connectivity index (χ2n) is 17.9. The highest BCUT2D eigenvalue weighted by atomic mass is 32.1. The van der Waals surface area contributed by atoms with E-state index in [0.717, 1.165) is 17.1 Å². The van der Waals surface area contributed by atoms with E-state index in [2.05, 4.69) is 254 Å². The third-order valence-corrected chi connectivity index (χ3v) is 16.8. The monoisotopic (exact) mass is 899 g/mol. The van der Waals surface area contributed by atoms with E-state index in [-0.39, 0.29) is 0 Å². The molecule has 0 spiro atoms. The quantitative estimate of drug-likeness (QED) is 0.154. The SMILES string of the molecule is c1ccc(C2(c3ccccc3)c3ccccc3-c3cccc(-c4cccc(N(c5cccc(-c6cccc7c6sc6ccccc67)c5)c5cccc6c5sc5c7ccccc7ccc65)c4)c32)cc1. The minimum absolute atomic E-state index is 0.534. The number of hydrogen-bond acceptors (Lipinski definition) is 3. The molecule has 0 saturated heterocycles. The Morgan fingerprint density at radius 3 is 1.65 bits per heavy atom. The smallest absolute Gasteiger partial charge is 0.0719 e. The van der Waals surface area contributed by atoms with Crippen molar-refractivity contribution in [3.05, 3.63) is 271 Å². The maximum atomic E-state index is 2.51. The van der Waals surface area contributed by atoms with Crippen LogP contribution in [0.15, 0.2) is 249 Å². The van der Waals surface area contributed by atoms with Crippen LogP contribution in [0.1, 0.15) is 22.3 Å². The summed E-state index contributed by atoms with van der Waals surface area (Å²) in [6.45, 7) is 0. The fraction of sp³-hybridized carbons (Fsp3) is 0.0154. The summed E-state index contributed by atoms with van der Waals surface area (Å²) in [6.07, 6.45) is 0. The summed E-state index contributed by atoms with van der Waals surface area (Å²) in [5, 5.41) is 7.74. The molecule has 0 saturated carbocycles. The Bertz CT molecular complexity index is 4060. The Morgan fingerprint density at radius 2 is 0.868 bits per heavy atom. The lowest BCUT2D eigenvalue weighted by atomic mass is 9.66. The van der Waals surface area contributed by atoms with E-state index in [1.807, 2.05) is 22.7 Å². The molecule has 0 aliphatic heterocycles. The topological polar surface area (TPSA) is 3.24 Å². The summed E-state index contributed by atoms with van der Waals surface area (Å²) < 4.78 is 5.22. The molecule has 0 atom stereocenters. The van der Waals surface area contributed by atoms with Gasteiger partial charge in [-0.1, -0.05) is 212 Å². The lowest BCUT2D eigenvalue weighted by molar-refractivity contribution is 0.770. The summed E-state index contributed by atoms with van der Waals surface area (Å²) in [5.74, 6) is 0. The molecular formula is C65H41NS2. The van der Waals surface area contributed by atoms with Crippen LogP contribution in [0.3, 0.4) is 0 Å². The van der Waals surface area contributed by atoms with Crippen molar-refractivity contribution in [2.24, 2.45) is 0 Å². The first-order valence-corrected chi connectivity index (χ1v) is 25.0. The van der Waals surface area contributed by atoms with Crippen LogP contribution in [-0.2, 0) is 5.41 Å². The molecule has 11 aromatic carbocycles. The highest BCUT2D eigenvalue weighted by Gasteiger charge is 2.47. The first-order chi connectivity index (χ1) is 33.7. The fourth-order valence-corrected chi connectivity index (χ4v) is 14.0. The van der Waals surface area contributed by atoms with Gasteiger partial charge in [-0.05, 0) is 103 Å². The van der Waals surface area contributed by atoms with Gasteiger partial charge in [0.2, 0.25) is 0 Å². The van der Waals surface area contributed by atoms with Gasteiger partial charge in [0.15, 0.2) is 0 Å². The van der Waals surface area contributed by atoms with Crippen molar-refractivity contribution < 1.29 is 0 Å². The van der Waals surface area contributed by atoms with E-state index >= 15 is 0 Å². The number of nitrogens with zero attached hydrogens (tertiary/aromatic N) is 1. The van der Waals surface area contributed by atoms with Crippen molar-refractivity contribution >= 4 is 90.9 Å². The molecule has 2 heterocycles. The van der Waals surface area contributed by atoms with E-state index in [9.17, 15) is 0 Å². The van der Waals surface area contributed by atoms with Crippen molar-refractivity contribution in [2.45, 2.75) is 5.41 Å². The number of hydrogen-bond donors (Lipinski definition) is 0. The van der Waals surface area contributed by atoms with Crippen LogP contribution in [0.4, 0.5) is 17.1 Å². The zero-order valence-electron chi connectivity index (χ0n) is 36.9. The highest BCUT2D eigenvalue weighted by molar-refractivity contribution is 7.27. The van der Waals surface area contributed by atoms with Gasteiger partial charge in [-0.15, -0.1) is 22.7 Å². The molecule has 1 aliphatic rings. The number of benzene rings is 11. The Hall–Kier alpha value is -8.08. The van der Waals surface area contributed by atoms with Crippen LogP contribution >= 0.6 is 22.7 Å². The van der Waals surface area contributed by atoms with Crippen molar-refractivity contribution in [2.75, 3.05) is 4.90 Å². The third kappa shape index (κ3) is 5.80. The Balaban J connectivity index is 1.02. The molecule has 14 rings (SSSR count). The van der Waals surface area contributed by atoms with Gasteiger partial charge in [0.25, 0.3) is 0 Å². The zero-order chi connectivity index (χ0) is 44.8. The molecule has 0 bridgehead atoms. The Kier molecular flexibility index (Phi) is 8.92. The summed E-state index contributed by atoms with van der Waals surface area (Å²) in [7, 11) is 0. The van der Waals surface area contributed by atoms with Crippen LogP contribution in [-0.4, -0.2) is 0 Å². The van der Waals surface area contributed by atoms with Crippen LogP contribution in [0.25, 0.3) is 84.5 Å². The minimum atomic E-state index is -0.534. The molecule has 0 fully saturated rings. The summed E-state index contributed by atoms with van der Waals surface area (Å²) in [4.78, 5) is 2.51. The van der Waals surface area contributed by atoms with Crippen molar-refractivity contribution in [3.63, 3.8) is 0 Å². The maximum Gasteiger partial charge on any atom is 0.0719 e. The average molecular weight is 900 g/mol. The van der Waals surface area contributed by atoms with Gasteiger partial charge in [0.05, 0.1) is 15.8 Å². The van der Waals surface area contributed by atoms with E-state index in [1.165, 1.54) is 107 Å². The third-order valence-electron chi connectivity index (χ3n) is 14.3. The molecule has 0 amide bonds. The molecule has 0 radical (unpaired) electrons. The fourth-order valence-electron chi connectivity index (χ4n) is 11.5. The number of anilines is 3. The van der Waals surface area contributed by atoms with E-state index in [1.54, 1.807) is 0 Å². The number of thiophene rings is 2. The Morgan fingerprint density at radius 1 is 0.324 bits per heavy atom. The standard InChI is InChI=1S/C65H41NS2/c1-3-21-45(22-4-1)65(46-23-5-2-6-24-46)58-35-11-9-28-52(58)54-32-15-30-49(61(54)65)43-19-13-25-47(40-43)66(59-36-17-34-56-57-39-38-42-18-7-8-27-50(42)63(57)68-64(56)59)48-26-14-20-44(41-48)51-31-16-33-55-53-29-10-12-37-60(53)67-62(51)55/h1-41H. The molecule has 0 unspecified atom stereocenters. The van der Waals surface area contributed by atoms with Gasteiger partial charge in [-0.25, -0.2) is 0 Å². The summed E-state index contributed by atoms with van der Waals surface area (Å²) in [6, 6.07) is 92.6. The molecule has 318 valence electrons. The van der Waals surface area contributed by atoms with Crippen LogP contribution in [0.5, 0.6) is 0 Å². The molecule has 3 heteroatoms. The van der Waals surface area contributed by atoms with Gasteiger partial charge in [-0.2, -0.15) is 0 Å². The molecular weight excluding hydrogens is 859 g/mol. The van der Waals surface area contributed by atoms with E-state index in [0.29, 0.717) is 0 Å². The maximum absolute atomic E-state index is 2.51. The molecule has 2 aromatic heterocycles. The molecule has 1 nitrogen and oxygen atoms in total.